The van der Waals surface area contributed by atoms with Gasteiger partial charge in [-0.1, -0.05) is 72.8 Å². The van der Waals surface area contributed by atoms with Gasteiger partial charge in [-0.2, -0.15) is 17.6 Å². The quantitative estimate of drug-likeness (QED) is 0.124. The lowest BCUT2D eigenvalue weighted by atomic mass is 10.0. The first-order valence-corrected chi connectivity index (χ1v) is 14.5. The Labute approximate surface area is 261 Å². The normalized spacial score (nSPS) is 14.7. The van der Waals surface area contributed by atoms with Crippen molar-refractivity contribution in [2.45, 2.75) is 10.0 Å². The molecule has 47 heavy (non-hydrogen) atoms. The fraction of sp³-hybridized carbons (Fsp3) is 0.125. The van der Waals surface area contributed by atoms with E-state index in [1.807, 2.05) is 0 Å². The molecule has 0 fully saturated rings. The zero-order valence-electron chi connectivity index (χ0n) is 23.9. The Morgan fingerprint density at radius 2 is 0.787 bits per heavy atom. The van der Waals surface area contributed by atoms with Crippen molar-refractivity contribution >= 4 is 22.0 Å². The third kappa shape index (κ3) is 5.72. The number of ether oxygens (including phenoxy) is 2. The number of halogens is 10. The van der Waals surface area contributed by atoms with E-state index in [0.29, 0.717) is 26.4 Å². The van der Waals surface area contributed by atoms with Crippen LogP contribution in [0.5, 0.6) is 11.5 Å². The van der Waals surface area contributed by atoms with Gasteiger partial charge >= 0.3 is 0 Å². The highest BCUT2D eigenvalue weighted by Gasteiger charge is 2.63. The van der Waals surface area contributed by atoms with Crippen LogP contribution in [-0.4, -0.2) is 22.6 Å². The standard InChI is InChI=1S/C32H20F10O4S/c1-45-29-25(37)21(33)19(22(34)26(29)38)31(41,15-13-17-9-5-3-6-10-17)47(43,44)32(42,16-14-18-11-7-4-8-12-18)20-23(35)27(39)30(46-2)28(40)24(20)36/h3-16H,1-2H3. The topological polar surface area (TPSA) is 52.6 Å². The molecule has 15 heteroatoms. The Bertz CT molecular complexity index is 1790. The molecule has 0 aliphatic rings. The van der Waals surface area contributed by atoms with Crippen molar-refractivity contribution in [2.75, 3.05) is 14.2 Å². The second-order valence-electron chi connectivity index (χ2n) is 9.61. The largest absolute Gasteiger partial charge is 0.491 e. The summed E-state index contributed by atoms with van der Waals surface area (Å²) in [5, 5.41) is -10.3. The molecule has 0 amide bonds. The Hall–Kier alpha value is -4.79. The second-order valence-corrected chi connectivity index (χ2v) is 11.8. The van der Waals surface area contributed by atoms with Gasteiger partial charge in [-0.3, -0.25) is 0 Å². The van der Waals surface area contributed by atoms with Gasteiger partial charge in [-0.15, -0.1) is 0 Å². The zero-order chi connectivity index (χ0) is 34.9. The summed E-state index contributed by atoms with van der Waals surface area (Å²) in [7, 11) is -6.02. The van der Waals surface area contributed by atoms with Crippen LogP contribution in [0, 0.1) is 46.5 Å². The molecule has 0 aromatic heterocycles. The molecule has 0 heterocycles. The number of sulfone groups is 1. The minimum atomic E-state index is -7.12. The maximum absolute atomic E-state index is 17.4. The Balaban J connectivity index is 2.21. The lowest BCUT2D eigenvalue weighted by Crippen LogP contribution is -2.44. The zero-order valence-corrected chi connectivity index (χ0v) is 24.7. The summed E-state index contributed by atoms with van der Waals surface area (Å²) < 4.78 is 193. The minimum absolute atomic E-state index is 0.136. The molecular weight excluding hydrogens is 670 g/mol. The number of methoxy groups -OCH3 is 2. The second kappa shape index (κ2) is 13.1. The molecule has 2 unspecified atom stereocenters. The van der Waals surface area contributed by atoms with Crippen molar-refractivity contribution in [3.05, 3.63) is 142 Å². The molecule has 0 radical (unpaired) electrons. The molecule has 248 valence electrons. The maximum Gasteiger partial charge on any atom is 0.264 e. The first kappa shape index (κ1) is 35.1. The first-order valence-electron chi connectivity index (χ1n) is 13.0. The van der Waals surface area contributed by atoms with E-state index in [1.165, 1.54) is 60.7 Å². The van der Waals surface area contributed by atoms with E-state index in [9.17, 15) is 26.0 Å². The van der Waals surface area contributed by atoms with Crippen LogP contribution in [0.2, 0.25) is 0 Å². The van der Waals surface area contributed by atoms with Gasteiger partial charge in [0.25, 0.3) is 10.0 Å². The molecule has 0 spiro atoms. The van der Waals surface area contributed by atoms with Gasteiger partial charge in [0.2, 0.25) is 33.1 Å². The van der Waals surface area contributed by atoms with E-state index in [2.05, 4.69) is 9.47 Å². The minimum Gasteiger partial charge on any atom is -0.491 e. The van der Waals surface area contributed by atoms with Crippen LogP contribution in [-0.2, 0) is 19.8 Å². The highest BCUT2D eigenvalue weighted by atomic mass is 32.2. The van der Waals surface area contributed by atoms with Crippen molar-refractivity contribution in [2.24, 2.45) is 0 Å². The van der Waals surface area contributed by atoms with E-state index in [0.717, 1.165) is 0 Å². The molecule has 4 aromatic rings. The fourth-order valence-corrected chi connectivity index (χ4v) is 6.37. The summed E-state index contributed by atoms with van der Waals surface area (Å²) in [5.41, 5.74) is -5.57. The van der Waals surface area contributed by atoms with Crippen LogP contribution in [0.3, 0.4) is 0 Å². The summed E-state index contributed by atoms with van der Waals surface area (Å²) in [4.78, 5) is 0. The highest BCUT2D eigenvalue weighted by Crippen LogP contribution is 2.52. The molecular formula is C32H20F10O4S. The lowest BCUT2D eigenvalue weighted by molar-refractivity contribution is 0.250. The molecule has 2 atom stereocenters. The summed E-state index contributed by atoms with van der Waals surface area (Å²) in [6, 6.07) is 12.8. The molecule has 4 nitrogen and oxygen atoms in total. The number of rotatable bonds is 10. The first-order chi connectivity index (χ1) is 22.1. The molecule has 0 N–H and O–H groups in total. The number of hydrogen-bond acceptors (Lipinski definition) is 4. The van der Waals surface area contributed by atoms with Gasteiger partial charge in [0.05, 0.1) is 25.3 Å². The van der Waals surface area contributed by atoms with Crippen LogP contribution in [0.25, 0.3) is 12.2 Å². The van der Waals surface area contributed by atoms with Crippen molar-refractivity contribution in [3.63, 3.8) is 0 Å². The van der Waals surface area contributed by atoms with E-state index in [-0.39, 0.29) is 23.3 Å². The molecule has 4 rings (SSSR count). The van der Waals surface area contributed by atoms with Gasteiger partial charge in [0, 0.05) is 0 Å². The van der Waals surface area contributed by atoms with Gasteiger partial charge in [0.15, 0.2) is 34.8 Å². The average molecular weight is 691 g/mol. The van der Waals surface area contributed by atoms with Crippen LogP contribution >= 0.6 is 0 Å². The molecule has 0 bridgehead atoms. The van der Waals surface area contributed by atoms with Gasteiger partial charge in [0.1, 0.15) is 0 Å². The van der Waals surface area contributed by atoms with Crippen LogP contribution in [0.4, 0.5) is 43.9 Å². The smallest absolute Gasteiger partial charge is 0.264 e. The molecule has 0 aliphatic carbocycles. The van der Waals surface area contributed by atoms with Crippen LogP contribution < -0.4 is 9.47 Å². The summed E-state index contributed by atoms with van der Waals surface area (Å²) in [6.45, 7) is 0. The van der Waals surface area contributed by atoms with Crippen LogP contribution in [0.15, 0.2) is 72.8 Å². The number of alkyl halides is 2. The van der Waals surface area contributed by atoms with Crippen LogP contribution in [0.1, 0.15) is 22.3 Å². The Morgan fingerprint density at radius 1 is 0.511 bits per heavy atom. The lowest BCUT2D eigenvalue weighted by Gasteiger charge is -2.32. The average Bonchev–Trinajstić information content (AvgIpc) is 3.06. The predicted octanol–water partition coefficient (Wildman–Crippen LogP) is 8.60. The Kier molecular flexibility index (Phi) is 9.80. The number of benzene rings is 4. The number of hydrogen-bond donors (Lipinski definition) is 0. The maximum atomic E-state index is 17.4. The monoisotopic (exact) mass is 690 g/mol. The third-order valence-corrected chi connectivity index (χ3v) is 9.14. The van der Waals surface area contributed by atoms with Crippen molar-refractivity contribution in [1.29, 1.82) is 0 Å². The van der Waals surface area contributed by atoms with Crippen molar-refractivity contribution < 1.29 is 61.8 Å². The van der Waals surface area contributed by atoms with Gasteiger partial charge in [-0.25, -0.2) is 34.8 Å². The summed E-state index contributed by atoms with van der Waals surface area (Å²) in [6.07, 6.45) is 0.446. The fourth-order valence-electron chi connectivity index (χ4n) is 4.55. The molecule has 0 aliphatic heterocycles. The summed E-state index contributed by atoms with van der Waals surface area (Å²) in [5.74, 6) is -24.5. The Morgan fingerprint density at radius 3 is 1.04 bits per heavy atom. The summed E-state index contributed by atoms with van der Waals surface area (Å²) >= 11 is 0. The third-order valence-electron chi connectivity index (χ3n) is 6.90. The van der Waals surface area contributed by atoms with E-state index >= 15 is 26.3 Å². The predicted molar refractivity (Wildman–Crippen MR) is 151 cm³/mol. The molecule has 0 saturated carbocycles. The molecule has 4 aromatic carbocycles. The van der Waals surface area contributed by atoms with E-state index in [1.54, 1.807) is 0 Å². The van der Waals surface area contributed by atoms with E-state index < -0.39 is 89.0 Å². The van der Waals surface area contributed by atoms with Crippen molar-refractivity contribution in [3.8, 4) is 11.5 Å². The highest BCUT2D eigenvalue weighted by molar-refractivity contribution is 7.93. The SMILES string of the molecule is COc1c(F)c(F)c(C(F)(C=Cc2ccccc2)S(=O)(=O)C(F)(C=Cc2ccccc2)c2c(F)c(F)c(OC)c(F)c2F)c(F)c1F. The van der Waals surface area contributed by atoms with Gasteiger partial charge in [-0.05, 0) is 23.3 Å². The van der Waals surface area contributed by atoms with Crippen molar-refractivity contribution in [1.82, 2.24) is 0 Å². The van der Waals surface area contributed by atoms with Gasteiger partial charge < -0.3 is 9.47 Å². The van der Waals surface area contributed by atoms with E-state index in [4.69, 9.17) is 0 Å². The molecule has 0 saturated heterocycles.